The van der Waals surface area contributed by atoms with Crippen molar-refractivity contribution in [3.8, 4) is 11.6 Å². The maximum atomic E-state index is 6.16. The number of hydrogen-bond donors (Lipinski definition) is 2. The summed E-state index contributed by atoms with van der Waals surface area (Å²) in [6.07, 6.45) is 2.68. The minimum atomic E-state index is 0. The Hall–Kier alpha value is -1.78. The fraction of sp³-hybridized carbons (Fsp3) is 0.455. The summed E-state index contributed by atoms with van der Waals surface area (Å²) < 4.78 is 17.2. The SMILES string of the molecule is CCNC(=NCc1ccc(C)cc1OC1CCOC1)NCCOc1ncccc1Cl.I. The Morgan fingerprint density at radius 3 is 2.94 bits per heavy atom. The van der Waals surface area contributed by atoms with E-state index in [0.29, 0.717) is 43.2 Å². The van der Waals surface area contributed by atoms with E-state index in [-0.39, 0.29) is 30.1 Å². The van der Waals surface area contributed by atoms with Crippen LogP contribution in [0.5, 0.6) is 11.6 Å². The van der Waals surface area contributed by atoms with Gasteiger partial charge in [0.25, 0.3) is 0 Å². The average molecular weight is 561 g/mol. The highest BCUT2D eigenvalue weighted by molar-refractivity contribution is 14.0. The standard InChI is InChI=1S/C22H29ClN4O3.HI/c1-3-24-22(26-10-12-29-21-19(23)5-4-9-25-21)27-14-17-7-6-16(2)13-20(17)30-18-8-11-28-15-18;/h4-7,9,13,18H,3,8,10-12,14-15H2,1-2H3,(H2,24,26,27);1H. The summed E-state index contributed by atoms with van der Waals surface area (Å²) in [7, 11) is 0. The van der Waals surface area contributed by atoms with Crippen LogP contribution in [0, 0.1) is 6.92 Å². The van der Waals surface area contributed by atoms with Gasteiger partial charge in [0, 0.05) is 24.7 Å². The summed E-state index contributed by atoms with van der Waals surface area (Å²) in [5.41, 5.74) is 2.20. The molecule has 0 aliphatic carbocycles. The van der Waals surface area contributed by atoms with Crippen LogP contribution in [0.4, 0.5) is 0 Å². The Labute approximate surface area is 205 Å². The Balaban J connectivity index is 0.00000341. The van der Waals surface area contributed by atoms with Gasteiger partial charge in [-0.3, -0.25) is 0 Å². The number of rotatable bonds is 9. The average Bonchev–Trinajstić information content (AvgIpc) is 3.24. The number of aliphatic imine (C=N–C) groups is 1. The Morgan fingerprint density at radius 2 is 2.19 bits per heavy atom. The van der Waals surface area contributed by atoms with Gasteiger partial charge in [-0.05, 0) is 37.6 Å². The van der Waals surface area contributed by atoms with Gasteiger partial charge in [-0.2, -0.15) is 0 Å². The van der Waals surface area contributed by atoms with Crippen LogP contribution in [-0.4, -0.2) is 50.0 Å². The minimum Gasteiger partial charge on any atom is -0.488 e. The molecule has 1 atom stereocenters. The number of ether oxygens (including phenoxy) is 3. The maximum absolute atomic E-state index is 6.16. The van der Waals surface area contributed by atoms with Crippen LogP contribution in [0.15, 0.2) is 41.5 Å². The number of nitrogens with zero attached hydrogens (tertiary/aromatic N) is 2. The molecule has 1 saturated heterocycles. The molecular formula is C22H30ClIN4O3. The summed E-state index contributed by atoms with van der Waals surface area (Å²) in [6, 6.07) is 9.73. The molecule has 170 valence electrons. The second-order valence-electron chi connectivity index (χ2n) is 6.98. The first kappa shape index (κ1) is 25.5. The van der Waals surface area contributed by atoms with Gasteiger partial charge in [0.2, 0.25) is 5.88 Å². The highest BCUT2D eigenvalue weighted by Crippen LogP contribution is 2.24. The first-order valence-electron chi connectivity index (χ1n) is 10.2. The van der Waals surface area contributed by atoms with Gasteiger partial charge < -0.3 is 24.8 Å². The fourth-order valence-corrected chi connectivity index (χ4v) is 3.16. The Morgan fingerprint density at radius 1 is 1.32 bits per heavy atom. The molecule has 1 aromatic carbocycles. The van der Waals surface area contributed by atoms with Crippen molar-refractivity contribution in [1.29, 1.82) is 0 Å². The lowest BCUT2D eigenvalue weighted by Gasteiger charge is -2.16. The molecule has 9 heteroatoms. The second kappa shape index (κ2) is 13.6. The van der Waals surface area contributed by atoms with Gasteiger partial charge in [-0.25, -0.2) is 9.98 Å². The molecule has 0 amide bonds. The molecule has 2 aromatic rings. The maximum Gasteiger partial charge on any atom is 0.232 e. The summed E-state index contributed by atoms with van der Waals surface area (Å²) in [5.74, 6) is 2.02. The molecule has 0 saturated carbocycles. The van der Waals surface area contributed by atoms with Gasteiger partial charge in [0.05, 0.1) is 26.3 Å². The predicted octanol–water partition coefficient (Wildman–Crippen LogP) is 3.96. The van der Waals surface area contributed by atoms with Crippen molar-refractivity contribution in [1.82, 2.24) is 15.6 Å². The lowest BCUT2D eigenvalue weighted by atomic mass is 10.1. The molecular weight excluding hydrogens is 531 g/mol. The van der Waals surface area contributed by atoms with E-state index in [1.54, 1.807) is 18.3 Å². The van der Waals surface area contributed by atoms with Gasteiger partial charge >= 0.3 is 0 Å². The largest absolute Gasteiger partial charge is 0.488 e. The van der Waals surface area contributed by atoms with E-state index in [0.717, 1.165) is 36.4 Å². The zero-order chi connectivity index (χ0) is 21.2. The number of nitrogens with one attached hydrogen (secondary N) is 2. The molecule has 2 heterocycles. The molecule has 7 nitrogen and oxygen atoms in total. The van der Waals surface area contributed by atoms with Crippen molar-refractivity contribution in [2.24, 2.45) is 4.99 Å². The van der Waals surface area contributed by atoms with E-state index in [4.69, 9.17) is 30.8 Å². The second-order valence-corrected chi connectivity index (χ2v) is 7.38. The van der Waals surface area contributed by atoms with Crippen molar-refractivity contribution in [3.63, 3.8) is 0 Å². The van der Waals surface area contributed by atoms with Crippen LogP contribution in [0.3, 0.4) is 0 Å². The van der Waals surface area contributed by atoms with Crippen molar-refractivity contribution >= 4 is 41.5 Å². The van der Waals surface area contributed by atoms with Gasteiger partial charge in [-0.15, -0.1) is 24.0 Å². The molecule has 0 bridgehead atoms. The molecule has 1 aliphatic heterocycles. The molecule has 1 aromatic heterocycles. The summed E-state index contributed by atoms with van der Waals surface area (Å²) >= 11 is 6.06. The van der Waals surface area contributed by atoms with Gasteiger partial charge in [-0.1, -0.05) is 23.7 Å². The Kier molecular flexibility index (Phi) is 11.2. The number of benzene rings is 1. The van der Waals surface area contributed by atoms with Crippen LogP contribution in [0.1, 0.15) is 24.5 Å². The zero-order valence-electron chi connectivity index (χ0n) is 17.9. The third kappa shape index (κ3) is 8.34. The van der Waals surface area contributed by atoms with Crippen LogP contribution in [-0.2, 0) is 11.3 Å². The van der Waals surface area contributed by atoms with E-state index in [2.05, 4.69) is 40.7 Å². The number of aromatic nitrogens is 1. The van der Waals surface area contributed by atoms with Crippen molar-refractivity contribution in [2.75, 3.05) is 32.9 Å². The van der Waals surface area contributed by atoms with Crippen molar-refractivity contribution in [3.05, 3.63) is 52.7 Å². The number of aryl methyl sites for hydroxylation is 1. The van der Waals surface area contributed by atoms with E-state index in [1.807, 2.05) is 6.92 Å². The molecule has 1 unspecified atom stereocenters. The van der Waals surface area contributed by atoms with Crippen LogP contribution in [0.2, 0.25) is 5.02 Å². The van der Waals surface area contributed by atoms with Crippen molar-refractivity contribution < 1.29 is 14.2 Å². The number of pyridine rings is 1. The normalized spacial score (nSPS) is 15.8. The van der Waals surface area contributed by atoms with Gasteiger partial charge in [0.1, 0.15) is 23.5 Å². The number of guanidine groups is 1. The molecule has 1 fully saturated rings. The number of halogens is 2. The van der Waals surface area contributed by atoms with Crippen molar-refractivity contribution in [2.45, 2.75) is 32.9 Å². The van der Waals surface area contributed by atoms with E-state index in [1.165, 1.54) is 0 Å². The lowest BCUT2D eigenvalue weighted by molar-refractivity contribution is 0.140. The summed E-state index contributed by atoms with van der Waals surface area (Å²) in [4.78, 5) is 8.81. The van der Waals surface area contributed by atoms with E-state index in [9.17, 15) is 0 Å². The fourth-order valence-electron chi connectivity index (χ4n) is 2.99. The first-order chi connectivity index (χ1) is 14.7. The summed E-state index contributed by atoms with van der Waals surface area (Å²) in [5, 5.41) is 7.01. The lowest BCUT2D eigenvalue weighted by Crippen LogP contribution is -2.39. The van der Waals surface area contributed by atoms with Crippen LogP contribution >= 0.6 is 35.6 Å². The third-order valence-electron chi connectivity index (χ3n) is 4.51. The number of hydrogen-bond acceptors (Lipinski definition) is 5. The van der Waals surface area contributed by atoms with Crippen LogP contribution in [0.25, 0.3) is 0 Å². The van der Waals surface area contributed by atoms with Crippen LogP contribution < -0.4 is 20.1 Å². The molecule has 0 spiro atoms. The molecule has 31 heavy (non-hydrogen) atoms. The zero-order valence-corrected chi connectivity index (χ0v) is 21.0. The predicted molar refractivity (Wildman–Crippen MR) is 134 cm³/mol. The Bertz CT molecular complexity index is 847. The molecule has 2 N–H and O–H groups in total. The highest BCUT2D eigenvalue weighted by atomic mass is 127. The van der Waals surface area contributed by atoms with E-state index < -0.39 is 0 Å². The molecule has 0 radical (unpaired) electrons. The first-order valence-corrected chi connectivity index (χ1v) is 10.6. The third-order valence-corrected chi connectivity index (χ3v) is 4.80. The molecule has 1 aliphatic rings. The quantitative estimate of drug-likeness (QED) is 0.209. The van der Waals surface area contributed by atoms with E-state index >= 15 is 0 Å². The minimum absolute atomic E-state index is 0. The monoisotopic (exact) mass is 560 g/mol. The molecule has 3 rings (SSSR count). The topological polar surface area (TPSA) is 77.0 Å². The van der Waals surface area contributed by atoms with Gasteiger partial charge in [0.15, 0.2) is 5.96 Å². The summed E-state index contributed by atoms with van der Waals surface area (Å²) in [6.45, 7) is 7.73. The highest BCUT2D eigenvalue weighted by Gasteiger charge is 2.18. The smallest absolute Gasteiger partial charge is 0.232 e.